The van der Waals surface area contributed by atoms with Gasteiger partial charge in [-0.1, -0.05) is 12.2 Å². The van der Waals surface area contributed by atoms with Crippen LogP contribution in [0, 0.1) is 23.7 Å². The number of carboxylic acid groups (broad SMARTS) is 1. The molecule has 2 N–H and O–H groups in total. The highest BCUT2D eigenvalue weighted by atomic mass is 16.4. The third-order valence-electron chi connectivity index (χ3n) is 5.84. The molecule has 4 atom stereocenters. The van der Waals surface area contributed by atoms with E-state index in [2.05, 4.69) is 5.32 Å². The van der Waals surface area contributed by atoms with E-state index in [1.165, 1.54) is 0 Å². The van der Waals surface area contributed by atoms with E-state index in [-0.39, 0.29) is 23.7 Å². The van der Waals surface area contributed by atoms with Crippen LogP contribution in [0.25, 0.3) is 0 Å². The van der Waals surface area contributed by atoms with Crippen LogP contribution in [0.2, 0.25) is 0 Å². The number of hydrogen-bond acceptors (Lipinski definition) is 3. The van der Waals surface area contributed by atoms with Crippen molar-refractivity contribution in [2.24, 2.45) is 23.7 Å². The van der Waals surface area contributed by atoms with E-state index in [9.17, 15) is 19.5 Å². The minimum Gasteiger partial charge on any atom is -0.481 e. The fourth-order valence-electron chi connectivity index (χ4n) is 4.54. The Morgan fingerprint density at radius 3 is 2.19 bits per heavy atom. The first-order valence-corrected chi connectivity index (χ1v) is 9.16. The van der Waals surface area contributed by atoms with E-state index in [0.29, 0.717) is 11.3 Å². The van der Waals surface area contributed by atoms with E-state index in [0.717, 1.165) is 32.4 Å². The minimum atomic E-state index is -0.909. The van der Waals surface area contributed by atoms with Crippen molar-refractivity contribution in [2.45, 2.75) is 19.3 Å². The number of nitrogens with one attached hydrogen (secondary N) is 1. The number of carboxylic acids is 1. The van der Waals surface area contributed by atoms with Gasteiger partial charge in [0.1, 0.15) is 0 Å². The van der Waals surface area contributed by atoms with Crippen LogP contribution in [-0.2, 0) is 9.59 Å². The van der Waals surface area contributed by atoms with Crippen LogP contribution in [0.15, 0.2) is 36.4 Å². The summed E-state index contributed by atoms with van der Waals surface area (Å²) in [5, 5.41) is 12.3. The van der Waals surface area contributed by atoms with Crippen molar-refractivity contribution >= 4 is 23.5 Å². The summed E-state index contributed by atoms with van der Waals surface area (Å²) in [5.41, 5.74) is 1.19. The summed E-state index contributed by atoms with van der Waals surface area (Å²) in [5.74, 6) is -2.38. The number of allylic oxidation sites excluding steroid dienone is 2. The molecule has 4 rings (SSSR count). The predicted octanol–water partition coefficient (Wildman–Crippen LogP) is 2.38. The number of likely N-dealkylation sites (tertiary alicyclic amines) is 1. The van der Waals surface area contributed by atoms with Gasteiger partial charge in [-0.2, -0.15) is 0 Å². The number of benzene rings is 1. The van der Waals surface area contributed by atoms with E-state index in [1.54, 1.807) is 24.3 Å². The standard InChI is InChI=1S/C20H22N2O4/c23-18(16-13-3-4-14(11-13)17(16)20(25)26)21-15-7-5-12(6-8-15)19(24)22-9-1-2-10-22/h3-8,13-14,16-17H,1-2,9-11H2,(H,21,23)(H,25,26)/t13-,14-,16+,17+/m0/s1. The molecular weight excluding hydrogens is 332 g/mol. The molecule has 2 fully saturated rings. The maximum atomic E-state index is 12.7. The second kappa shape index (κ2) is 6.59. The maximum Gasteiger partial charge on any atom is 0.307 e. The van der Waals surface area contributed by atoms with Gasteiger partial charge in [0.15, 0.2) is 0 Å². The Hall–Kier alpha value is -2.63. The molecule has 1 heterocycles. The van der Waals surface area contributed by atoms with E-state index in [4.69, 9.17) is 0 Å². The highest BCUT2D eigenvalue weighted by Crippen LogP contribution is 2.48. The van der Waals surface area contributed by atoms with Crippen molar-refractivity contribution in [1.82, 2.24) is 4.90 Å². The average Bonchev–Trinajstić information content (AvgIpc) is 3.37. The summed E-state index contributed by atoms with van der Waals surface area (Å²) in [4.78, 5) is 38.4. The fraction of sp³-hybridized carbons (Fsp3) is 0.450. The van der Waals surface area contributed by atoms with Crippen LogP contribution < -0.4 is 5.32 Å². The number of rotatable bonds is 4. The Balaban J connectivity index is 1.44. The van der Waals surface area contributed by atoms with Gasteiger partial charge in [-0.15, -0.1) is 0 Å². The van der Waals surface area contributed by atoms with E-state index >= 15 is 0 Å². The lowest BCUT2D eigenvalue weighted by atomic mass is 9.82. The number of amides is 2. The van der Waals surface area contributed by atoms with Crippen molar-refractivity contribution in [2.75, 3.05) is 18.4 Å². The van der Waals surface area contributed by atoms with Gasteiger partial charge >= 0.3 is 5.97 Å². The fourth-order valence-corrected chi connectivity index (χ4v) is 4.54. The molecule has 0 radical (unpaired) electrons. The Kier molecular flexibility index (Phi) is 4.26. The lowest BCUT2D eigenvalue weighted by molar-refractivity contribution is -0.146. The zero-order valence-corrected chi connectivity index (χ0v) is 14.4. The van der Waals surface area contributed by atoms with Gasteiger partial charge in [0.25, 0.3) is 5.91 Å². The molecule has 2 bridgehead atoms. The number of aliphatic carboxylic acids is 1. The second-order valence-corrected chi connectivity index (χ2v) is 7.40. The molecule has 26 heavy (non-hydrogen) atoms. The Morgan fingerprint density at radius 2 is 1.58 bits per heavy atom. The van der Waals surface area contributed by atoms with Crippen molar-refractivity contribution < 1.29 is 19.5 Å². The smallest absolute Gasteiger partial charge is 0.307 e. The highest BCUT2D eigenvalue weighted by Gasteiger charge is 2.51. The van der Waals surface area contributed by atoms with Gasteiger partial charge in [0, 0.05) is 24.3 Å². The first-order valence-electron chi connectivity index (χ1n) is 9.16. The third kappa shape index (κ3) is 2.89. The number of nitrogens with zero attached hydrogens (tertiary/aromatic N) is 1. The van der Waals surface area contributed by atoms with Crippen LogP contribution in [0.5, 0.6) is 0 Å². The lowest BCUT2D eigenvalue weighted by Gasteiger charge is -2.24. The number of hydrogen-bond donors (Lipinski definition) is 2. The molecule has 1 aromatic rings. The monoisotopic (exact) mass is 354 g/mol. The Bertz CT molecular complexity index is 765. The quantitative estimate of drug-likeness (QED) is 0.813. The third-order valence-corrected chi connectivity index (χ3v) is 5.84. The number of anilines is 1. The van der Waals surface area contributed by atoms with Crippen LogP contribution in [-0.4, -0.2) is 40.9 Å². The van der Waals surface area contributed by atoms with Gasteiger partial charge in [-0.25, -0.2) is 0 Å². The molecular formula is C20H22N2O4. The predicted molar refractivity (Wildman–Crippen MR) is 95.6 cm³/mol. The molecule has 136 valence electrons. The molecule has 2 amide bonds. The summed E-state index contributed by atoms with van der Waals surface area (Å²) >= 11 is 0. The van der Waals surface area contributed by atoms with Gasteiger partial charge < -0.3 is 15.3 Å². The van der Waals surface area contributed by atoms with Gasteiger partial charge in [-0.05, 0) is 55.4 Å². The van der Waals surface area contributed by atoms with Crippen LogP contribution in [0.4, 0.5) is 5.69 Å². The summed E-state index contributed by atoms with van der Waals surface area (Å²) in [6, 6.07) is 6.84. The highest BCUT2D eigenvalue weighted by molar-refractivity contribution is 5.98. The van der Waals surface area contributed by atoms with Crippen molar-refractivity contribution in [1.29, 1.82) is 0 Å². The summed E-state index contributed by atoms with van der Waals surface area (Å²) in [6.07, 6.45) is 6.71. The molecule has 0 unspecified atom stereocenters. The average molecular weight is 354 g/mol. The normalized spacial score (nSPS) is 29.2. The zero-order valence-electron chi connectivity index (χ0n) is 14.4. The zero-order chi connectivity index (χ0) is 18.3. The van der Waals surface area contributed by atoms with E-state index in [1.807, 2.05) is 17.1 Å². The topological polar surface area (TPSA) is 86.7 Å². The molecule has 1 saturated carbocycles. The number of carbonyl (C=O) groups is 3. The minimum absolute atomic E-state index is 0.00267. The van der Waals surface area contributed by atoms with Crippen LogP contribution in [0.3, 0.4) is 0 Å². The number of fused-ring (bicyclic) bond motifs is 2. The molecule has 1 saturated heterocycles. The van der Waals surface area contributed by atoms with Gasteiger partial charge in [0.2, 0.25) is 5.91 Å². The van der Waals surface area contributed by atoms with Gasteiger partial charge in [0.05, 0.1) is 11.8 Å². The summed E-state index contributed by atoms with van der Waals surface area (Å²) < 4.78 is 0. The molecule has 3 aliphatic rings. The SMILES string of the molecule is O=C(O)[C@H]1[C@H](C(=O)Nc2ccc(C(=O)N3CCCC3)cc2)[C@H]2C=C[C@H]1C2. The van der Waals surface area contributed by atoms with Gasteiger partial charge in [-0.3, -0.25) is 14.4 Å². The summed E-state index contributed by atoms with van der Waals surface area (Å²) in [6.45, 7) is 1.59. The molecule has 6 heteroatoms. The Labute approximate surface area is 151 Å². The molecule has 1 aromatic carbocycles. The maximum absolute atomic E-state index is 12.7. The molecule has 2 aliphatic carbocycles. The molecule has 0 spiro atoms. The molecule has 0 aromatic heterocycles. The molecule has 6 nitrogen and oxygen atoms in total. The lowest BCUT2D eigenvalue weighted by Crippen LogP contribution is -2.36. The van der Waals surface area contributed by atoms with Crippen molar-refractivity contribution in [3.8, 4) is 0 Å². The van der Waals surface area contributed by atoms with E-state index < -0.39 is 17.8 Å². The van der Waals surface area contributed by atoms with Crippen LogP contribution >= 0.6 is 0 Å². The largest absolute Gasteiger partial charge is 0.481 e. The summed E-state index contributed by atoms with van der Waals surface area (Å²) in [7, 11) is 0. The first kappa shape index (κ1) is 16.8. The van der Waals surface area contributed by atoms with Crippen molar-refractivity contribution in [3.05, 3.63) is 42.0 Å². The molecule has 1 aliphatic heterocycles. The van der Waals surface area contributed by atoms with Crippen LogP contribution in [0.1, 0.15) is 29.6 Å². The number of carbonyl (C=O) groups excluding carboxylic acids is 2. The first-order chi connectivity index (χ1) is 12.5. The Morgan fingerprint density at radius 1 is 0.962 bits per heavy atom. The van der Waals surface area contributed by atoms with Crippen molar-refractivity contribution in [3.63, 3.8) is 0 Å². The second-order valence-electron chi connectivity index (χ2n) is 7.40.